The highest BCUT2D eigenvalue weighted by Crippen LogP contribution is 2.36. The lowest BCUT2D eigenvalue weighted by Gasteiger charge is -2.42. The molecule has 2 aliphatic rings. The van der Waals surface area contributed by atoms with E-state index >= 15 is 0 Å². The largest absolute Gasteiger partial charge is 0.445 e. The first-order chi connectivity index (χ1) is 19.0. The SMILES string of the molecule is CC(C)C(=O)N1CCN(c2cc(S(=O)(=O)NC3(C)COC3)cc3c2n(C)c(=O)n3-c2nnc(C(F)(F)F)s2)C[C@H]1C. The number of hydrogen-bond acceptors (Lipinski definition) is 9. The highest BCUT2D eigenvalue weighted by Gasteiger charge is 2.40. The van der Waals surface area contributed by atoms with Crippen LogP contribution in [0.4, 0.5) is 18.9 Å². The minimum atomic E-state index is -4.77. The summed E-state index contributed by atoms with van der Waals surface area (Å²) < 4.78 is 77.1. The second-order valence-corrected chi connectivity index (χ2v) is 13.7. The molecule has 4 heterocycles. The topological polar surface area (TPSA) is 132 Å². The van der Waals surface area contributed by atoms with Crippen LogP contribution < -0.4 is 15.3 Å². The Morgan fingerprint density at radius 1 is 1.22 bits per heavy atom. The van der Waals surface area contributed by atoms with Gasteiger partial charge in [-0.15, -0.1) is 10.2 Å². The summed E-state index contributed by atoms with van der Waals surface area (Å²) in [6, 6.07) is 2.47. The summed E-state index contributed by atoms with van der Waals surface area (Å²) in [5, 5.41) is 5.23. The Kier molecular flexibility index (Phi) is 7.23. The first-order valence-electron chi connectivity index (χ1n) is 12.9. The zero-order chi connectivity index (χ0) is 30.1. The monoisotopic (exact) mass is 617 g/mol. The molecular formula is C24H30F3N7O5S2. The van der Waals surface area contributed by atoms with Gasteiger partial charge in [0.05, 0.1) is 40.4 Å². The quantitative estimate of drug-likeness (QED) is 0.444. The molecule has 1 aromatic carbocycles. The number of fused-ring (bicyclic) bond motifs is 1. The lowest BCUT2D eigenvalue weighted by atomic mass is 10.0. The van der Waals surface area contributed by atoms with Crippen LogP contribution in [0.25, 0.3) is 16.2 Å². The third-order valence-corrected chi connectivity index (χ3v) is 9.79. The molecule has 0 aliphatic carbocycles. The van der Waals surface area contributed by atoms with E-state index in [9.17, 15) is 31.2 Å². The number of nitrogens with zero attached hydrogens (tertiary/aromatic N) is 6. The number of alkyl halides is 3. The molecular weight excluding hydrogens is 587 g/mol. The third-order valence-electron chi connectivity index (χ3n) is 7.22. The van der Waals surface area contributed by atoms with Crippen molar-refractivity contribution in [3.63, 3.8) is 0 Å². The molecule has 1 N–H and O–H groups in total. The smallest absolute Gasteiger partial charge is 0.377 e. The van der Waals surface area contributed by atoms with Gasteiger partial charge in [-0.3, -0.25) is 9.36 Å². The summed E-state index contributed by atoms with van der Waals surface area (Å²) in [7, 11) is -2.70. The average molecular weight is 618 g/mol. The molecule has 3 aromatic rings. The molecule has 1 amide bonds. The van der Waals surface area contributed by atoms with Crippen LogP contribution in [0.15, 0.2) is 21.8 Å². The van der Waals surface area contributed by atoms with Crippen LogP contribution in [-0.2, 0) is 32.8 Å². The molecule has 12 nitrogen and oxygen atoms in total. The first-order valence-corrected chi connectivity index (χ1v) is 15.2. The Balaban J connectivity index is 1.68. The van der Waals surface area contributed by atoms with Crippen molar-refractivity contribution in [1.29, 1.82) is 0 Å². The van der Waals surface area contributed by atoms with Crippen molar-refractivity contribution in [2.45, 2.75) is 50.3 Å². The van der Waals surface area contributed by atoms with Crippen LogP contribution in [0.5, 0.6) is 0 Å². The van der Waals surface area contributed by atoms with Gasteiger partial charge in [-0.05, 0) is 26.0 Å². The molecule has 0 bridgehead atoms. The van der Waals surface area contributed by atoms with Crippen LogP contribution in [-0.4, -0.2) is 83.0 Å². The van der Waals surface area contributed by atoms with E-state index in [-0.39, 0.29) is 58.0 Å². The van der Waals surface area contributed by atoms with Crippen LogP contribution in [0, 0.1) is 5.92 Å². The van der Waals surface area contributed by atoms with Gasteiger partial charge >= 0.3 is 11.9 Å². The number of carbonyl (C=O) groups excluding carboxylic acids is 1. The molecule has 0 saturated carbocycles. The molecule has 17 heteroatoms. The number of rotatable bonds is 6. The first kappa shape index (κ1) is 29.5. The molecule has 0 spiro atoms. The number of anilines is 1. The fourth-order valence-corrected chi connectivity index (χ4v) is 7.27. The maximum Gasteiger partial charge on any atom is 0.445 e. The van der Waals surface area contributed by atoms with Crippen LogP contribution in [0.3, 0.4) is 0 Å². The number of aromatic nitrogens is 4. The zero-order valence-corrected chi connectivity index (χ0v) is 24.7. The third kappa shape index (κ3) is 5.23. The normalized spacial score (nSPS) is 19.7. The maximum atomic E-state index is 13.6. The molecule has 1 atom stereocenters. The number of amides is 1. The van der Waals surface area contributed by atoms with Gasteiger partial charge in [-0.1, -0.05) is 25.2 Å². The van der Waals surface area contributed by atoms with E-state index in [1.54, 1.807) is 11.8 Å². The van der Waals surface area contributed by atoms with E-state index in [1.807, 2.05) is 25.7 Å². The number of imidazole rings is 1. The number of piperazine rings is 1. The standard InChI is InChI=1S/C24H30F3N7O5S2/c1-13(2)19(35)33-7-6-32(10-14(33)3)16-8-15(41(37,38)30-23(4)11-39-12-23)9-17-18(16)31(5)22(36)34(17)21-29-28-20(40-21)24(25,26)27/h8-9,13-14,30H,6-7,10-12H2,1-5H3/t14-/m1/s1. The highest BCUT2D eigenvalue weighted by atomic mass is 32.2. The van der Waals surface area contributed by atoms with Crippen molar-refractivity contribution >= 4 is 44.0 Å². The Morgan fingerprint density at radius 2 is 1.90 bits per heavy atom. The number of ether oxygens (including phenoxy) is 1. The van der Waals surface area contributed by atoms with E-state index in [0.717, 1.165) is 4.57 Å². The van der Waals surface area contributed by atoms with Gasteiger partial charge in [-0.25, -0.2) is 22.5 Å². The summed E-state index contributed by atoms with van der Waals surface area (Å²) in [5.74, 6) is -0.204. The maximum absolute atomic E-state index is 13.6. The highest BCUT2D eigenvalue weighted by molar-refractivity contribution is 7.89. The Morgan fingerprint density at radius 3 is 2.44 bits per heavy atom. The Bertz CT molecular complexity index is 1670. The van der Waals surface area contributed by atoms with E-state index in [2.05, 4.69) is 14.9 Å². The molecule has 224 valence electrons. The predicted octanol–water partition coefficient (Wildman–Crippen LogP) is 1.96. The fraction of sp³-hybridized carbons (Fsp3) is 0.583. The fourth-order valence-electron chi connectivity index (χ4n) is 5.13. The second-order valence-electron chi connectivity index (χ2n) is 11.0. The minimum absolute atomic E-state index is 0.00548. The van der Waals surface area contributed by atoms with Gasteiger partial charge in [0.1, 0.15) is 0 Å². The Hall–Kier alpha value is -3.02. The molecule has 41 heavy (non-hydrogen) atoms. The average Bonchev–Trinajstić information content (AvgIpc) is 3.45. The number of hydrogen-bond donors (Lipinski definition) is 1. The summed E-state index contributed by atoms with van der Waals surface area (Å²) >= 11 is 0.182. The summed E-state index contributed by atoms with van der Waals surface area (Å²) in [4.78, 5) is 29.6. The van der Waals surface area contributed by atoms with Gasteiger partial charge in [0.2, 0.25) is 26.1 Å². The summed E-state index contributed by atoms with van der Waals surface area (Å²) in [6.45, 7) is 8.60. The van der Waals surface area contributed by atoms with Crippen molar-refractivity contribution in [3.8, 4) is 5.13 Å². The van der Waals surface area contributed by atoms with Gasteiger partial charge in [-0.2, -0.15) is 13.2 Å². The second kappa shape index (κ2) is 10.1. The molecule has 2 fully saturated rings. The molecule has 0 unspecified atom stereocenters. The molecule has 2 aromatic heterocycles. The number of aryl methyl sites for hydroxylation is 1. The number of sulfonamides is 1. The van der Waals surface area contributed by atoms with Crippen molar-refractivity contribution in [3.05, 3.63) is 27.6 Å². The summed E-state index contributed by atoms with van der Waals surface area (Å²) in [5.41, 5.74) is -0.784. The molecule has 2 saturated heterocycles. The molecule has 2 aliphatic heterocycles. The van der Waals surface area contributed by atoms with E-state index < -0.39 is 32.4 Å². The van der Waals surface area contributed by atoms with Gasteiger partial charge in [0, 0.05) is 38.6 Å². The number of nitrogens with one attached hydrogen (secondary N) is 1. The number of benzene rings is 1. The molecule has 5 rings (SSSR count). The van der Waals surface area contributed by atoms with E-state index in [0.29, 0.717) is 30.8 Å². The number of carbonyl (C=O) groups is 1. The zero-order valence-electron chi connectivity index (χ0n) is 23.0. The summed E-state index contributed by atoms with van der Waals surface area (Å²) in [6.07, 6.45) is -4.77. The van der Waals surface area contributed by atoms with Crippen molar-refractivity contribution in [2.24, 2.45) is 13.0 Å². The van der Waals surface area contributed by atoms with Gasteiger partial charge in [0.25, 0.3) is 0 Å². The predicted molar refractivity (Wildman–Crippen MR) is 145 cm³/mol. The lowest BCUT2D eigenvalue weighted by Crippen LogP contribution is -2.59. The van der Waals surface area contributed by atoms with Crippen molar-refractivity contribution < 1.29 is 31.1 Å². The minimum Gasteiger partial charge on any atom is -0.377 e. The van der Waals surface area contributed by atoms with Crippen molar-refractivity contribution in [2.75, 3.05) is 37.7 Å². The van der Waals surface area contributed by atoms with E-state index in [4.69, 9.17) is 4.74 Å². The molecule has 0 radical (unpaired) electrons. The lowest BCUT2D eigenvalue weighted by molar-refractivity contribution is -0.138. The Labute approximate surface area is 237 Å². The van der Waals surface area contributed by atoms with Gasteiger partial charge < -0.3 is 14.5 Å². The van der Waals surface area contributed by atoms with Crippen molar-refractivity contribution in [1.82, 2.24) is 29.0 Å². The number of halogens is 3. The van der Waals surface area contributed by atoms with Crippen LogP contribution in [0.1, 0.15) is 32.7 Å². The van der Waals surface area contributed by atoms with Crippen LogP contribution in [0.2, 0.25) is 0 Å². The van der Waals surface area contributed by atoms with E-state index in [1.165, 1.54) is 23.7 Å². The van der Waals surface area contributed by atoms with Crippen LogP contribution >= 0.6 is 11.3 Å². The van der Waals surface area contributed by atoms with Gasteiger partial charge in [0.15, 0.2) is 0 Å².